The van der Waals surface area contributed by atoms with Crippen LogP contribution in [0.25, 0.3) is 0 Å². The maximum Gasteiger partial charge on any atom is 0.303 e. The van der Waals surface area contributed by atoms with Gasteiger partial charge < -0.3 is 15.9 Å². The molecule has 0 bridgehead atoms. The standard InChI is InChI=1S/C10H12O3.C2H5NO/c1-7-6-8(2-4-9(7)11)3-5-10(12)13;1-2(3)4/h2,4,6,11H,3,5H2,1H3,(H,12,13);1H3,(H2,3,4). The Bertz CT molecular complexity index is 397. The number of phenols is 1. The SMILES string of the molecule is CC(N)=O.Cc1cc(CCC(=O)O)ccc1O. The van der Waals surface area contributed by atoms with Gasteiger partial charge in [0.25, 0.3) is 0 Å². The Morgan fingerprint density at radius 3 is 2.29 bits per heavy atom. The van der Waals surface area contributed by atoms with Gasteiger partial charge in [0, 0.05) is 13.3 Å². The number of primary amides is 1. The second kappa shape index (κ2) is 7.27. The molecule has 4 N–H and O–H groups in total. The molecule has 1 rings (SSSR count). The van der Waals surface area contributed by atoms with Crippen molar-refractivity contribution < 1.29 is 19.8 Å². The summed E-state index contributed by atoms with van der Waals surface area (Å²) in [6, 6.07) is 5.13. The molecule has 0 aliphatic carbocycles. The molecule has 0 radical (unpaired) electrons. The van der Waals surface area contributed by atoms with E-state index in [0.29, 0.717) is 6.42 Å². The van der Waals surface area contributed by atoms with Crippen molar-refractivity contribution in [2.75, 3.05) is 0 Å². The topological polar surface area (TPSA) is 101 Å². The zero-order valence-corrected chi connectivity index (χ0v) is 9.93. The van der Waals surface area contributed by atoms with Crippen LogP contribution in [0.5, 0.6) is 5.75 Å². The summed E-state index contributed by atoms with van der Waals surface area (Å²) in [5, 5.41) is 17.7. The first-order valence-electron chi connectivity index (χ1n) is 5.09. The molecule has 0 aromatic heterocycles. The minimum Gasteiger partial charge on any atom is -0.508 e. The van der Waals surface area contributed by atoms with Gasteiger partial charge >= 0.3 is 5.97 Å². The highest BCUT2D eigenvalue weighted by Crippen LogP contribution is 2.17. The Kier molecular flexibility index (Phi) is 6.40. The van der Waals surface area contributed by atoms with Crippen molar-refractivity contribution in [2.45, 2.75) is 26.7 Å². The molecule has 5 nitrogen and oxygen atoms in total. The summed E-state index contributed by atoms with van der Waals surface area (Å²) < 4.78 is 0. The van der Waals surface area contributed by atoms with Crippen molar-refractivity contribution in [3.8, 4) is 5.75 Å². The summed E-state index contributed by atoms with van der Waals surface area (Å²) in [7, 11) is 0. The lowest BCUT2D eigenvalue weighted by Gasteiger charge is -2.02. The summed E-state index contributed by atoms with van der Waals surface area (Å²) in [5.41, 5.74) is 6.19. The molecule has 0 spiro atoms. The van der Waals surface area contributed by atoms with Gasteiger partial charge in [-0.05, 0) is 30.5 Å². The predicted molar refractivity (Wildman–Crippen MR) is 63.7 cm³/mol. The lowest BCUT2D eigenvalue weighted by Crippen LogP contribution is -2.01. The molecule has 94 valence electrons. The average Bonchev–Trinajstić information content (AvgIpc) is 2.19. The third kappa shape index (κ3) is 7.84. The van der Waals surface area contributed by atoms with Crippen LogP contribution in [-0.4, -0.2) is 22.1 Å². The molecule has 0 heterocycles. The number of hydrogen-bond acceptors (Lipinski definition) is 3. The number of carboxylic acids is 1. The first kappa shape index (κ1) is 15.0. The van der Waals surface area contributed by atoms with Gasteiger partial charge in [-0.3, -0.25) is 9.59 Å². The highest BCUT2D eigenvalue weighted by molar-refractivity contribution is 5.70. The highest BCUT2D eigenvalue weighted by Gasteiger charge is 2.01. The van der Waals surface area contributed by atoms with Crippen LogP contribution in [-0.2, 0) is 16.0 Å². The van der Waals surface area contributed by atoms with E-state index in [2.05, 4.69) is 5.73 Å². The summed E-state index contributed by atoms with van der Waals surface area (Å²) >= 11 is 0. The van der Waals surface area contributed by atoms with Crippen molar-refractivity contribution in [2.24, 2.45) is 5.73 Å². The van der Waals surface area contributed by atoms with Crippen molar-refractivity contribution in [3.05, 3.63) is 29.3 Å². The van der Waals surface area contributed by atoms with Crippen LogP contribution in [0.4, 0.5) is 0 Å². The molecule has 0 saturated heterocycles. The van der Waals surface area contributed by atoms with Gasteiger partial charge in [-0.2, -0.15) is 0 Å². The van der Waals surface area contributed by atoms with Gasteiger partial charge in [0.1, 0.15) is 5.75 Å². The molecule has 1 amide bonds. The molecule has 0 fully saturated rings. The number of nitrogens with two attached hydrogens (primary N) is 1. The van der Waals surface area contributed by atoms with E-state index in [1.54, 1.807) is 25.1 Å². The first-order valence-corrected chi connectivity index (χ1v) is 5.09. The molecule has 0 atom stereocenters. The molecule has 17 heavy (non-hydrogen) atoms. The number of carbonyl (C=O) groups is 2. The van der Waals surface area contributed by atoms with Gasteiger partial charge in [-0.15, -0.1) is 0 Å². The summed E-state index contributed by atoms with van der Waals surface area (Å²) in [6.07, 6.45) is 0.640. The first-order chi connectivity index (χ1) is 7.82. The summed E-state index contributed by atoms with van der Waals surface area (Å²) in [5.74, 6) is -0.884. The molecule has 0 unspecified atom stereocenters. The van der Waals surface area contributed by atoms with Crippen LogP contribution in [0.15, 0.2) is 18.2 Å². The Morgan fingerprint density at radius 2 is 1.88 bits per heavy atom. The molecule has 0 aliphatic heterocycles. The third-order valence-electron chi connectivity index (χ3n) is 1.89. The van der Waals surface area contributed by atoms with E-state index in [0.717, 1.165) is 11.1 Å². The summed E-state index contributed by atoms with van der Waals surface area (Å²) in [6.45, 7) is 3.10. The number of hydrogen-bond donors (Lipinski definition) is 3. The second-order valence-electron chi connectivity index (χ2n) is 3.63. The normalized spacial score (nSPS) is 9.06. The van der Waals surface area contributed by atoms with Crippen LogP contribution < -0.4 is 5.73 Å². The van der Waals surface area contributed by atoms with Crippen LogP contribution >= 0.6 is 0 Å². The van der Waals surface area contributed by atoms with Crippen molar-refractivity contribution >= 4 is 11.9 Å². The number of benzene rings is 1. The van der Waals surface area contributed by atoms with Gasteiger partial charge in [0.15, 0.2) is 0 Å². The van der Waals surface area contributed by atoms with Crippen LogP contribution in [0, 0.1) is 6.92 Å². The second-order valence-corrected chi connectivity index (χ2v) is 3.63. The third-order valence-corrected chi connectivity index (χ3v) is 1.89. The lowest BCUT2D eigenvalue weighted by molar-refractivity contribution is -0.137. The van der Waals surface area contributed by atoms with E-state index in [-0.39, 0.29) is 18.1 Å². The highest BCUT2D eigenvalue weighted by atomic mass is 16.4. The van der Waals surface area contributed by atoms with Crippen LogP contribution in [0.1, 0.15) is 24.5 Å². The molecular weight excluding hydrogens is 222 g/mol. The van der Waals surface area contributed by atoms with E-state index in [9.17, 15) is 14.7 Å². The smallest absolute Gasteiger partial charge is 0.303 e. The predicted octanol–water partition coefficient (Wildman–Crippen LogP) is 1.21. The van der Waals surface area contributed by atoms with E-state index in [1.807, 2.05) is 0 Å². The van der Waals surface area contributed by atoms with Gasteiger partial charge in [-0.25, -0.2) is 0 Å². The monoisotopic (exact) mass is 239 g/mol. The molecule has 0 aliphatic rings. The maximum atomic E-state index is 10.3. The fraction of sp³-hybridized carbons (Fsp3) is 0.333. The fourth-order valence-electron chi connectivity index (χ4n) is 1.12. The number of aromatic hydroxyl groups is 1. The van der Waals surface area contributed by atoms with E-state index < -0.39 is 5.97 Å². The molecule has 1 aromatic rings. The molecule has 0 saturated carbocycles. The number of carbonyl (C=O) groups excluding carboxylic acids is 1. The minimum atomic E-state index is -0.800. The Hall–Kier alpha value is -2.04. The maximum absolute atomic E-state index is 10.3. The quantitative estimate of drug-likeness (QED) is 0.737. The van der Waals surface area contributed by atoms with Gasteiger partial charge in [0.05, 0.1) is 0 Å². The largest absolute Gasteiger partial charge is 0.508 e. The van der Waals surface area contributed by atoms with E-state index in [4.69, 9.17) is 5.11 Å². The van der Waals surface area contributed by atoms with Crippen molar-refractivity contribution in [1.82, 2.24) is 0 Å². The number of carboxylic acid groups (broad SMARTS) is 1. The number of aryl methyl sites for hydroxylation is 2. The minimum absolute atomic E-state index is 0.129. The van der Waals surface area contributed by atoms with E-state index >= 15 is 0 Å². The Labute approximate surface area is 99.9 Å². The van der Waals surface area contributed by atoms with Crippen molar-refractivity contribution in [1.29, 1.82) is 0 Å². The van der Waals surface area contributed by atoms with Gasteiger partial charge in [0.2, 0.25) is 5.91 Å². The number of amides is 1. The van der Waals surface area contributed by atoms with Gasteiger partial charge in [-0.1, -0.05) is 12.1 Å². The lowest BCUT2D eigenvalue weighted by atomic mass is 10.1. The molecular formula is C12H17NO4. The number of phenolic OH excluding ortho intramolecular Hbond substituents is 1. The zero-order chi connectivity index (χ0) is 13.4. The summed E-state index contributed by atoms with van der Waals surface area (Å²) in [4.78, 5) is 19.5. The average molecular weight is 239 g/mol. The van der Waals surface area contributed by atoms with E-state index in [1.165, 1.54) is 6.92 Å². The Balaban J connectivity index is 0.000000557. The van der Waals surface area contributed by atoms with Crippen LogP contribution in [0.3, 0.4) is 0 Å². The van der Waals surface area contributed by atoms with Crippen LogP contribution in [0.2, 0.25) is 0 Å². The number of rotatable bonds is 3. The number of aliphatic carboxylic acids is 1. The fourth-order valence-corrected chi connectivity index (χ4v) is 1.12. The Morgan fingerprint density at radius 1 is 1.35 bits per heavy atom. The zero-order valence-electron chi connectivity index (χ0n) is 9.93. The molecule has 5 heteroatoms. The molecule has 1 aromatic carbocycles. The van der Waals surface area contributed by atoms with Crippen molar-refractivity contribution in [3.63, 3.8) is 0 Å².